The minimum Gasteiger partial charge on any atom is -0.501 e. The van der Waals surface area contributed by atoms with Crippen molar-refractivity contribution < 1.29 is 9.47 Å². The van der Waals surface area contributed by atoms with E-state index in [1.165, 1.54) is 11.1 Å². The number of rotatable bonds is 3. The second-order valence-electron chi connectivity index (χ2n) is 5.08. The highest BCUT2D eigenvalue weighted by Crippen LogP contribution is 2.41. The van der Waals surface area contributed by atoms with Crippen molar-refractivity contribution in [1.29, 1.82) is 0 Å². The SMILES string of the molecule is COC1=CC=C(Cc2cc(Br)c3c(c2Cl)OCC3)CC1. The van der Waals surface area contributed by atoms with Gasteiger partial charge in [0, 0.05) is 22.9 Å². The Balaban J connectivity index is 1.87. The van der Waals surface area contributed by atoms with Gasteiger partial charge in [0.15, 0.2) is 0 Å². The maximum atomic E-state index is 6.49. The molecule has 0 N–H and O–H groups in total. The van der Waals surface area contributed by atoms with E-state index in [9.17, 15) is 0 Å². The van der Waals surface area contributed by atoms with E-state index < -0.39 is 0 Å². The Hall–Kier alpha value is -0.930. The van der Waals surface area contributed by atoms with Gasteiger partial charge in [0.25, 0.3) is 0 Å². The molecule has 1 aromatic carbocycles. The van der Waals surface area contributed by atoms with Crippen molar-refractivity contribution >= 4 is 27.5 Å². The molecule has 3 rings (SSSR count). The topological polar surface area (TPSA) is 18.5 Å². The lowest BCUT2D eigenvalue weighted by atomic mass is 9.96. The summed E-state index contributed by atoms with van der Waals surface area (Å²) in [7, 11) is 1.72. The number of fused-ring (bicyclic) bond motifs is 1. The van der Waals surface area contributed by atoms with Crippen LogP contribution in [0.15, 0.2) is 34.0 Å². The molecule has 4 heteroatoms. The average Bonchev–Trinajstić information content (AvgIpc) is 2.95. The Labute approximate surface area is 132 Å². The molecule has 0 saturated carbocycles. The van der Waals surface area contributed by atoms with Crippen LogP contribution in [0.2, 0.25) is 5.02 Å². The summed E-state index contributed by atoms with van der Waals surface area (Å²) in [6.45, 7) is 0.722. The first kappa shape index (κ1) is 14.0. The Morgan fingerprint density at radius 3 is 2.85 bits per heavy atom. The molecule has 0 amide bonds. The van der Waals surface area contributed by atoms with Crippen LogP contribution >= 0.6 is 27.5 Å². The number of hydrogen-bond acceptors (Lipinski definition) is 2. The van der Waals surface area contributed by atoms with Crippen molar-refractivity contribution in [3.63, 3.8) is 0 Å². The lowest BCUT2D eigenvalue weighted by Crippen LogP contribution is -2.00. The van der Waals surface area contributed by atoms with Gasteiger partial charge in [-0.1, -0.05) is 39.2 Å². The smallest absolute Gasteiger partial charge is 0.142 e. The predicted octanol–water partition coefficient (Wildman–Crippen LogP) is 4.83. The van der Waals surface area contributed by atoms with E-state index in [0.717, 1.165) is 58.9 Å². The van der Waals surface area contributed by atoms with Crippen molar-refractivity contribution in [1.82, 2.24) is 0 Å². The molecule has 0 atom stereocenters. The fourth-order valence-electron chi connectivity index (χ4n) is 2.68. The largest absolute Gasteiger partial charge is 0.501 e. The molecule has 106 valence electrons. The monoisotopic (exact) mass is 354 g/mol. The van der Waals surface area contributed by atoms with Gasteiger partial charge >= 0.3 is 0 Å². The number of halogens is 2. The third kappa shape index (κ3) is 2.61. The first-order valence-corrected chi connectivity index (χ1v) is 7.91. The molecule has 0 bridgehead atoms. The van der Waals surface area contributed by atoms with Gasteiger partial charge in [-0.05, 0) is 30.5 Å². The first-order valence-electron chi connectivity index (χ1n) is 6.74. The molecule has 0 spiro atoms. The third-order valence-electron chi connectivity index (χ3n) is 3.82. The highest BCUT2D eigenvalue weighted by Gasteiger charge is 2.22. The van der Waals surface area contributed by atoms with E-state index >= 15 is 0 Å². The number of methoxy groups -OCH3 is 1. The van der Waals surface area contributed by atoms with Crippen LogP contribution in [0.1, 0.15) is 24.0 Å². The van der Waals surface area contributed by atoms with Crippen LogP contribution in [0.25, 0.3) is 0 Å². The van der Waals surface area contributed by atoms with Crippen LogP contribution in [-0.2, 0) is 17.6 Å². The first-order chi connectivity index (χ1) is 9.69. The van der Waals surface area contributed by atoms with E-state index in [1.807, 2.05) is 6.08 Å². The van der Waals surface area contributed by atoms with Gasteiger partial charge in [-0.3, -0.25) is 0 Å². The Kier molecular flexibility index (Phi) is 4.08. The highest BCUT2D eigenvalue weighted by atomic mass is 79.9. The summed E-state index contributed by atoms with van der Waals surface area (Å²) < 4.78 is 12.0. The van der Waals surface area contributed by atoms with E-state index in [4.69, 9.17) is 21.1 Å². The Morgan fingerprint density at radius 2 is 2.15 bits per heavy atom. The molecule has 1 aliphatic carbocycles. The van der Waals surface area contributed by atoms with Gasteiger partial charge in [0.2, 0.25) is 0 Å². The van der Waals surface area contributed by atoms with E-state index in [1.54, 1.807) is 7.11 Å². The van der Waals surface area contributed by atoms with Crippen molar-refractivity contribution in [3.05, 3.63) is 50.2 Å². The number of allylic oxidation sites excluding steroid dienone is 4. The summed E-state index contributed by atoms with van der Waals surface area (Å²) in [5.41, 5.74) is 3.69. The summed E-state index contributed by atoms with van der Waals surface area (Å²) in [5.74, 6) is 1.90. The van der Waals surface area contributed by atoms with Crippen LogP contribution in [0, 0.1) is 0 Å². The molecule has 0 radical (unpaired) electrons. The van der Waals surface area contributed by atoms with Crippen LogP contribution in [0.5, 0.6) is 5.75 Å². The molecule has 1 heterocycles. The van der Waals surface area contributed by atoms with Gasteiger partial charge in [-0.2, -0.15) is 0 Å². The summed E-state index contributed by atoms with van der Waals surface area (Å²) >= 11 is 10.1. The zero-order valence-electron chi connectivity index (χ0n) is 11.3. The van der Waals surface area contributed by atoms with Crippen LogP contribution in [0.3, 0.4) is 0 Å². The lowest BCUT2D eigenvalue weighted by molar-refractivity contribution is 0.275. The molecule has 20 heavy (non-hydrogen) atoms. The zero-order chi connectivity index (χ0) is 14.1. The summed E-state index contributed by atoms with van der Waals surface area (Å²) in [6, 6.07) is 2.13. The number of ether oxygens (including phenoxy) is 2. The number of hydrogen-bond donors (Lipinski definition) is 0. The van der Waals surface area contributed by atoms with Crippen molar-refractivity contribution in [2.24, 2.45) is 0 Å². The molecule has 0 fully saturated rings. The molecule has 0 saturated heterocycles. The van der Waals surface area contributed by atoms with Crippen molar-refractivity contribution in [2.75, 3.05) is 13.7 Å². The van der Waals surface area contributed by atoms with Gasteiger partial charge in [-0.15, -0.1) is 0 Å². The number of benzene rings is 1. The molecule has 1 aliphatic heterocycles. The van der Waals surface area contributed by atoms with Crippen LogP contribution in [-0.4, -0.2) is 13.7 Å². The molecular weight excluding hydrogens is 340 g/mol. The molecular formula is C16H16BrClO2. The molecule has 2 aliphatic rings. The summed E-state index contributed by atoms with van der Waals surface area (Å²) in [6.07, 6.45) is 7.96. The fraction of sp³-hybridized carbons (Fsp3) is 0.375. The van der Waals surface area contributed by atoms with Crippen LogP contribution < -0.4 is 4.74 Å². The second kappa shape index (κ2) is 5.82. The van der Waals surface area contributed by atoms with Gasteiger partial charge < -0.3 is 9.47 Å². The van der Waals surface area contributed by atoms with Crippen molar-refractivity contribution in [2.45, 2.75) is 25.7 Å². The van der Waals surface area contributed by atoms with Gasteiger partial charge in [0.1, 0.15) is 5.75 Å². The highest BCUT2D eigenvalue weighted by molar-refractivity contribution is 9.10. The maximum absolute atomic E-state index is 6.49. The van der Waals surface area contributed by atoms with Crippen LogP contribution in [0.4, 0.5) is 0 Å². The van der Waals surface area contributed by atoms with Gasteiger partial charge in [0.05, 0.1) is 24.5 Å². The van der Waals surface area contributed by atoms with Crippen molar-refractivity contribution in [3.8, 4) is 5.75 Å². The maximum Gasteiger partial charge on any atom is 0.142 e. The predicted molar refractivity (Wildman–Crippen MR) is 84.5 cm³/mol. The van der Waals surface area contributed by atoms with E-state index in [-0.39, 0.29) is 0 Å². The third-order valence-corrected chi connectivity index (χ3v) is 4.94. The summed E-state index contributed by atoms with van der Waals surface area (Å²) in [4.78, 5) is 0. The second-order valence-corrected chi connectivity index (χ2v) is 6.31. The molecule has 0 unspecified atom stereocenters. The minimum atomic E-state index is 0.722. The Bertz CT molecular complexity index is 605. The van der Waals surface area contributed by atoms with E-state index in [0.29, 0.717) is 0 Å². The Morgan fingerprint density at radius 1 is 1.30 bits per heavy atom. The molecule has 1 aromatic rings. The summed E-state index contributed by atoms with van der Waals surface area (Å²) in [5, 5.41) is 0.767. The normalized spacial score (nSPS) is 17.1. The minimum absolute atomic E-state index is 0.722. The average molecular weight is 356 g/mol. The lowest BCUT2D eigenvalue weighted by Gasteiger charge is -2.16. The quantitative estimate of drug-likeness (QED) is 0.773. The molecule has 0 aromatic heterocycles. The van der Waals surface area contributed by atoms with Gasteiger partial charge in [-0.25, -0.2) is 0 Å². The zero-order valence-corrected chi connectivity index (χ0v) is 13.7. The van der Waals surface area contributed by atoms with E-state index in [2.05, 4.69) is 28.1 Å². The standard InChI is InChI=1S/C16H16BrClO2/c1-19-12-4-2-10(3-5-12)8-11-9-14(17)13-6-7-20-16(13)15(11)18/h2,4,9H,3,5-8H2,1H3. The molecule has 2 nitrogen and oxygen atoms in total. The fourth-order valence-corrected chi connectivity index (χ4v) is 3.63.